The molecule has 0 amide bonds. The average molecular weight is 337 g/mol. The number of para-hydroxylation sites is 1. The Morgan fingerprint density at radius 2 is 1.92 bits per heavy atom. The van der Waals surface area contributed by atoms with Crippen molar-refractivity contribution in [3.05, 3.63) is 29.8 Å². The first kappa shape index (κ1) is 20.3. The quantitative estimate of drug-likeness (QED) is 0.348. The highest BCUT2D eigenvalue weighted by molar-refractivity contribution is 5.79. The summed E-state index contributed by atoms with van der Waals surface area (Å²) in [5.74, 6) is 1.70. The molecule has 24 heavy (non-hydrogen) atoms. The van der Waals surface area contributed by atoms with Gasteiger partial charge in [0.1, 0.15) is 5.75 Å². The van der Waals surface area contributed by atoms with Crippen molar-refractivity contribution in [2.75, 3.05) is 46.6 Å². The summed E-state index contributed by atoms with van der Waals surface area (Å²) in [7, 11) is 1.67. The van der Waals surface area contributed by atoms with Crippen LogP contribution in [0.15, 0.2) is 29.3 Å². The topological polar surface area (TPSA) is 64.1 Å². The Bertz CT molecular complexity index is 467. The van der Waals surface area contributed by atoms with Gasteiger partial charge in [-0.05, 0) is 26.3 Å². The van der Waals surface area contributed by atoms with Gasteiger partial charge in [-0.2, -0.15) is 0 Å². The minimum Gasteiger partial charge on any atom is -0.494 e. The molecule has 0 saturated heterocycles. The minimum absolute atomic E-state index is 0.579. The second kappa shape index (κ2) is 13.6. The summed E-state index contributed by atoms with van der Waals surface area (Å²) in [5.41, 5.74) is 1.08. The van der Waals surface area contributed by atoms with Gasteiger partial charge >= 0.3 is 0 Å². The third-order valence-electron chi connectivity index (χ3n) is 3.21. The van der Waals surface area contributed by atoms with Crippen molar-refractivity contribution in [2.24, 2.45) is 4.99 Å². The first-order valence-electron chi connectivity index (χ1n) is 8.61. The lowest BCUT2D eigenvalue weighted by molar-refractivity contribution is 0.0698. The van der Waals surface area contributed by atoms with Gasteiger partial charge in [0.25, 0.3) is 0 Å². The van der Waals surface area contributed by atoms with Gasteiger partial charge in [-0.1, -0.05) is 18.2 Å². The number of ether oxygens (including phenoxy) is 3. The molecule has 6 heteroatoms. The Kier molecular flexibility index (Phi) is 11.5. The van der Waals surface area contributed by atoms with E-state index in [-0.39, 0.29) is 0 Å². The van der Waals surface area contributed by atoms with Crippen molar-refractivity contribution < 1.29 is 14.2 Å². The zero-order chi connectivity index (χ0) is 17.5. The lowest BCUT2D eigenvalue weighted by Crippen LogP contribution is -2.38. The molecule has 0 atom stereocenters. The predicted molar refractivity (Wildman–Crippen MR) is 97.7 cm³/mol. The Hall–Kier alpha value is -1.79. The van der Waals surface area contributed by atoms with Crippen molar-refractivity contribution in [1.82, 2.24) is 10.6 Å². The molecule has 1 aromatic carbocycles. The first-order chi connectivity index (χ1) is 11.8. The Balaban J connectivity index is 2.42. The Morgan fingerprint density at radius 1 is 1.08 bits per heavy atom. The normalized spacial score (nSPS) is 11.4. The lowest BCUT2D eigenvalue weighted by atomic mass is 10.2. The number of hydrogen-bond donors (Lipinski definition) is 2. The standard InChI is InChI=1S/C18H31N3O3/c1-4-19-18(20-11-8-12-23-14-13-22-3)21-15-16-9-6-7-10-17(16)24-5-2/h6-7,9-10H,4-5,8,11-15H2,1-3H3,(H2,19,20,21). The number of nitrogens with one attached hydrogen (secondary N) is 2. The third kappa shape index (κ3) is 8.74. The van der Waals surface area contributed by atoms with E-state index in [1.54, 1.807) is 7.11 Å². The number of aliphatic imine (C=N–C) groups is 1. The second-order valence-electron chi connectivity index (χ2n) is 5.12. The van der Waals surface area contributed by atoms with Crippen LogP contribution in [0.25, 0.3) is 0 Å². The van der Waals surface area contributed by atoms with Gasteiger partial charge in [0.2, 0.25) is 0 Å². The predicted octanol–water partition coefficient (Wildman–Crippen LogP) is 2.19. The molecule has 0 aliphatic carbocycles. The molecule has 0 aromatic heterocycles. The Morgan fingerprint density at radius 3 is 2.67 bits per heavy atom. The molecule has 6 nitrogen and oxygen atoms in total. The number of nitrogens with zero attached hydrogens (tertiary/aromatic N) is 1. The van der Waals surface area contributed by atoms with Gasteiger partial charge in [-0.15, -0.1) is 0 Å². The summed E-state index contributed by atoms with van der Waals surface area (Å²) in [4.78, 5) is 4.63. The molecule has 136 valence electrons. The molecule has 0 heterocycles. The van der Waals surface area contributed by atoms with Crippen LogP contribution in [0, 0.1) is 0 Å². The van der Waals surface area contributed by atoms with E-state index >= 15 is 0 Å². The van der Waals surface area contributed by atoms with Gasteiger partial charge in [-0.3, -0.25) is 0 Å². The summed E-state index contributed by atoms with van der Waals surface area (Å²) in [6.45, 7) is 8.89. The van der Waals surface area contributed by atoms with E-state index in [1.807, 2.05) is 31.2 Å². The first-order valence-corrected chi connectivity index (χ1v) is 8.61. The highest BCUT2D eigenvalue weighted by Crippen LogP contribution is 2.18. The molecule has 2 N–H and O–H groups in total. The van der Waals surface area contributed by atoms with Gasteiger partial charge < -0.3 is 24.8 Å². The zero-order valence-electron chi connectivity index (χ0n) is 15.1. The molecule has 0 aliphatic heterocycles. The average Bonchev–Trinajstić information content (AvgIpc) is 2.60. The van der Waals surface area contributed by atoms with Crippen LogP contribution >= 0.6 is 0 Å². The fourth-order valence-electron chi connectivity index (χ4n) is 2.06. The molecular formula is C18H31N3O3. The monoisotopic (exact) mass is 337 g/mol. The molecule has 0 aliphatic rings. The van der Waals surface area contributed by atoms with Crippen molar-refractivity contribution in [2.45, 2.75) is 26.8 Å². The molecule has 0 unspecified atom stereocenters. The van der Waals surface area contributed by atoms with Crippen LogP contribution in [0.4, 0.5) is 0 Å². The van der Waals surface area contributed by atoms with Gasteiger partial charge in [0, 0.05) is 32.4 Å². The van der Waals surface area contributed by atoms with E-state index in [1.165, 1.54) is 0 Å². The molecule has 0 radical (unpaired) electrons. The third-order valence-corrected chi connectivity index (χ3v) is 3.21. The summed E-state index contributed by atoms with van der Waals surface area (Å²) in [6, 6.07) is 8.00. The van der Waals surface area contributed by atoms with Crippen molar-refractivity contribution in [3.8, 4) is 5.75 Å². The summed E-state index contributed by atoms with van der Waals surface area (Å²) >= 11 is 0. The number of guanidine groups is 1. The molecule has 0 saturated carbocycles. The molecule has 0 spiro atoms. The van der Waals surface area contributed by atoms with Crippen LogP contribution in [0.2, 0.25) is 0 Å². The van der Waals surface area contributed by atoms with Crippen LogP contribution in [-0.4, -0.2) is 52.6 Å². The van der Waals surface area contributed by atoms with Gasteiger partial charge in [0.15, 0.2) is 5.96 Å². The van der Waals surface area contributed by atoms with E-state index < -0.39 is 0 Å². The lowest BCUT2D eigenvalue weighted by Gasteiger charge is -2.12. The fraction of sp³-hybridized carbons (Fsp3) is 0.611. The maximum absolute atomic E-state index is 5.64. The highest BCUT2D eigenvalue weighted by Gasteiger charge is 2.03. The van der Waals surface area contributed by atoms with Gasteiger partial charge in [-0.25, -0.2) is 4.99 Å². The number of rotatable bonds is 12. The smallest absolute Gasteiger partial charge is 0.191 e. The molecule has 1 rings (SSSR count). The van der Waals surface area contributed by atoms with Crippen LogP contribution < -0.4 is 15.4 Å². The van der Waals surface area contributed by atoms with Crippen molar-refractivity contribution in [3.63, 3.8) is 0 Å². The molecular weight excluding hydrogens is 306 g/mol. The van der Waals surface area contributed by atoms with Crippen molar-refractivity contribution in [1.29, 1.82) is 0 Å². The van der Waals surface area contributed by atoms with Gasteiger partial charge in [0.05, 0.1) is 26.4 Å². The number of hydrogen-bond acceptors (Lipinski definition) is 4. The summed E-state index contributed by atoms with van der Waals surface area (Å²) < 4.78 is 16.0. The summed E-state index contributed by atoms with van der Waals surface area (Å²) in [6.07, 6.45) is 0.920. The van der Waals surface area contributed by atoms with E-state index in [0.29, 0.717) is 33.0 Å². The minimum atomic E-state index is 0.579. The number of methoxy groups -OCH3 is 1. The van der Waals surface area contributed by atoms with Crippen LogP contribution in [0.3, 0.4) is 0 Å². The van der Waals surface area contributed by atoms with Crippen LogP contribution in [0.1, 0.15) is 25.8 Å². The highest BCUT2D eigenvalue weighted by atomic mass is 16.5. The van der Waals surface area contributed by atoms with Crippen molar-refractivity contribution >= 4 is 5.96 Å². The van der Waals surface area contributed by atoms with E-state index in [4.69, 9.17) is 14.2 Å². The molecule has 1 aromatic rings. The summed E-state index contributed by atoms with van der Waals surface area (Å²) in [5, 5.41) is 6.57. The zero-order valence-corrected chi connectivity index (χ0v) is 15.1. The van der Waals surface area contributed by atoms with E-state index in [2.05, 4.69) is 22.5 Å². The maximum atomic E-state index is 5.64. The molecule has 0 fully saturated rings. The number of benzene rings is 1. The van der Waals surface area contributed by atoms with E-state index in [9.17, 15) is 0 Å². The largest absolute Gasteiger partial charge is 0.494 e. The maximum Gasteiger partial charge on any atom is 0.191 e. The van der Waals surface area contributed by atoms with E-state index in [0.717, 1.165) is 36.8 Å². The Labute approximate surface area is 145 Å². The SMILES string of the molecule is CCNC(=NCc1ccccc1OCC)NCCCOCCOC. The van der Waals surface area contributed by atoms with Crippen LogP contribution in [-0.2, 0) is 16.0 Å². The fourth-order valence-corrected chi connectivity index (χ4v) is 2.06. The van der Waals surface area contributed by atoms with Crippen LogP contribution in [0.5, 0.6) is 5.75 Å². The molecule has 0 bridgehead atoms. The second-order valence-corrected chi connectivity index (χ2v) is 5.12.